The fraction of sp³-hybridized carbons (Fsp3) is 0.211. The number of thiophene rings is 1. The minimum absolute atomic E-state index is 0.211. The Morgan fingerprint density at radius 2 is 1.92 bits per heavy atom. The van der Waals surface area contributed by atoms with Crippen LogP contribution in [-0.4, -0.2) is 31.4 Å². The number of amides is 1. The normalized spacial score (nSPS) is 11.2. The molecule has 0 aliphatic heterocycles. The molecule has 0 bridgehead atoms. The summed E-state index contributed by atoms with van der Waals surface area (Å²) in [4.78, 5) is 15.0. The number of nitrogens with zero attached hydrogens (tertiary/aromatic N) is 1. The van der Waals surface area contributed by atoms with Crippen LogP contribution in [0.3, 0.4) is 0 Å². The Bertz CT molecular complexity index is 855. The number of carbonyl (C=O) groups is 1. The lowest BCUT2D eigenvalue weighted by Crippen LogP contribution is -2.15. The van der Waals surface area contributed by atoms with E-state index in [9.17, 15) is 9.18 Å². The molecule has 3 rings (SSSR count). The highest BCUT2D eigenvalue weighted by molar-refractivity contribution is 7.20. The summed E-state index contributed by atoms with van der Waals surface area (Å²) < 4.78 is 14.5. The molecule has 0 aliphatic rings. The third-order valence-corrected chi connectivity index (χ3v) is 4.89. The number of fused-ring (bicyclic) bond motifs is 1. The minimum Gasteiger partial charge on any atom is -0.321 e. The van der Waals surface area contributed by atoms with Crippen LogP contribution in [0.25, 0.3) is 10.1 Å². The maximum atomic E-state index is 13.7. The Morgan fingerprint density at radius 3 is 2.58 bits per heavy atom. The van der Waals surface area contributed by atoms with Crippen LogP contribution in [0.5, 0.6) is 0 Å². The van der Waals surface area contributed by atoms with Gasteiger partial charge in [0.2, 0.25) is 0 Å². The van der Waals surface area contributed by atoms with E-state index in [1.54, 1.807) is 12.1 Å². The molecule has 0 atom stereocenters. The molecule has 124 valence electrons. The number of nitrogens with one attached hydrogen (secondary N) is 1. The molecule has 0 spiro atoms. The number of rotatable bonds is 5. The number of anilines is 1. The van der Waals surface area contributed by atoms with E-state index in [4.69, 9.17) is 0 Å². The number of hydrogen-bond acceptors (Lipinski definition) is 3. The maximum absolute atomic E-state index is 13.7. The summed E-state index contributed by atoms with van der Waals surface area (Å²) in [6.45, 7) is 0.985. The number of likely N-dealkylation sites (N-methyl/N-ethyl adjacent to an activating group) is 1. The predicted molar refractivity (Wildman–Crippen MR) is 98.4 cm³/mol. The van der Waals surface area contributed by atoms with Crippen LogP contribution < -0.4 is 5.32 Å². The molecule has 5 heteroatoms. The van der Waals surface area contributed by atoms with Gasteiger partial charge in [0.05, 0.1) is 4.88 Å². The van der Waals surface area contributed by atoms with Crippen molar-refractivity contribution >= 4 is 33.0 Å². The monoisotopic (exact) mass is 342 g/mol. The van der Waals surface area contributed by atoms with E-state index in [1.807, 2.05) is 44.4 Å². The smallest absolute Gasteiger partial charge is 0.265 e. The van der Waals surface area contributed by atoms with Crippen molar-refractivity contribution in [3.8, 4) is 0 Å². The average Bonchev–Trinajstić information content (AvgIpc) is 3.00. The molecule has 3 nitrogen and oxygen atoms in total. The van der Waals surface area contributed by atoms with Gasteiger partial charge in [0.1, 0.15) is 5.82 Å². The molecule has 0 unspecified atom stereocenters. The summed E-state index contributed by atoms with van der Waals surface area (Å²) >= 11 is 1.30. The molecule has 3 aromatic rings. The average molecular weight is 342 g/mol. The Labute approximate surface area is 144 Å². The molecular formula is C19H19FN2OS. The maximum Gasteiger partial charge on any atom is 0.265 e. The van der Waals surface area contributed by atoms with Crippen molar-refractivity contribution in [1.82, 2.24) is 4.90 Å². The van der Waals surface area contributed by atoms with Gasteiger partial charge in [-0.1, -0.05) is 18.2 Å². The molecular weight excluding hydrogens is 323 g/mol. The van der Waals surface area contributed by atoms with Gasteiger partial charge in [-0.05, 0) is 56.4 Å². The molecule has 1 amide bonds. The lowest BCUT2D eigenvalue weighted by Gasteiger charge is -2.10. The topological polar surface area (TPSA) is 32.3 Å². The van der Waals surface area contributed by atoms with E-state index in [0.717, 1.165) is 23.4 Å². The molecule has 1 N–H and O–H groups in total. The van der Waals surface area contributed by atoms with Crippen molar-refractivity contribution in [2.75, 3.05) is 26.0 Å². The summed E-state index contributed by atoms with van der Waals surface area (Å²) in [6, 6.07) is 14.3. The molecule has 1 heterocycles. The zero-order chi connectivity index (χ0) is 17.1. The van der Waals surface area contributed by atoms with Crippen LogP contribution in [0.4, 0.5) is 10.1 Å². The molecule has 2 aromatic carbocycles. The minimum atomic E-state index is -0.298. The third kappa shape index (κ3) is 3.80. The molecule has 0 saturated heterocycles. The lowest BCUT2D eigenvalue weighted by molar-refractivity contribution is 0.103. The van der Waals surface area contributed by atoms with Crippen molar-refractivity contribution in [2.24, 2.45) is 0 Å². The highest BCUT2D eigenvalue weighted by atomic mass is 32.1. The van der Waals surface area contributed by atoms with Gasteiger partial charge in [0.15, 0.2) is 0 Å². The highest BCUT2D eigenvalue weighted by Gasteiger charge is 2.12. The Morgan fingerprint density at radius 1 is 1.17 bits per heavy atom. The highest BCUT2D eigenvalue weighted by Crippen LogP contribution is 2.28. The summed E-state index contributed by atoms with van der Waals surface area (Å²) in [7, 11) is 4.09. The van der Waals surface area contributed by atoms with Gasteiger partial charge in [0.25, 0.3) is 5.91 Å². The van der Waals surface area contributed by atoms with E-state index in [1.165, 1.54) is 23.0 Å². The van der Waals surface area contributed by atoms with Crippen LogP contribution in [0.2, 0.25) is 0 Å². The first kappa shape index (κ1) is 16.6. The van der Waals surface area contributed by atoms with Crippen LogP contribution >= 0.6 is 11.3 Å². The van der Waals surface area contributed by atoms with Gasteiger partial charge in [-0.15, -0.1) is 11.3 Å². The van der Waals surface area contributed by atoms with Crippen molar-refractivity contribution < 1.29 is 9.18 Å². The van der Waals surface area contributed by atoms with Gasteiger partial charge in [0, 0.05) is 22.3 Å². The summed E-state index contributed by atoms with van der Waals surface area (Å²) in [6.07, 6.45) is 0.969. The molecule has 1 aromatic heterocycles. The van der Waals surface area contributed by atoms with E-state index < -0.39 is 0 Å². The zero-order valence-electron chi connectivity index (χ0n) is 13.7. The van der Waals surface area contributed by atoms with Crippen molar-refractivity contribution in [1.29, 1.82) is 0 Å². The van der Waals surface area contributed by atoms with E-state index >= 15 is 0 Å². The quantitative estimate of drug-likeness (QED) is 0.745. The first-order valence-electron chi connectivity index (χ1n) is 7.76. The van der Waals surface area contributed by atoms with Gasteiger partial charge in [-0.25, -0.2) is 4.39 Å². The second kappa shape index (κ2) is 7.11. The SMILES string of the molecule is CN(C)CCc1ccc(NC(=O)c2cc3c(F)cccc3s2)cc1. The van der Waals surface area contributed by atoms with Crippen LogP contribution in [0, 0.1) is 5.82 Å². The molecule has 0 saturated carbocycles. The zero-order valence-corrected chi connectivity index (χ0v) is 14.5. The number of benzene rings is 2. The summed E-state index contributed by atoms with van der Waals surface area (Å²) in [5, 5.41) is 3.36. The predicted octanol–water partition coefficient (Wildman–Crippen LogP) is 4.40. The van der Waals surface area contributed by atoms with Crippen LogP contribution in [-0.2, 0) is 6.42 Å². The van der Waals surface area contributed by atoms with Crippen LogP contribution in [0.15, 0.2) is 48.5 Å². The van der Waals surface area contributed by atoms with Crippen molar-refractivity contribution in [3.63, 3.8) is 0 Å². The number of hydrogen-bond donors (Lipinski definition) is 1. The standard InChI is InChI=1S/C19H19FN2OS/c1-22(2)11-10-13-6-8-14(9-7-13)21-19(23)18-12-15-16(20)4-3-5-17(15)24-18/h3-9,12H,10-11H2,1-2H3,(H,21,23). The van der Waals surface area contributed by atoms with Gasteiger partial charge in [-0.2, -0.15) is 0 Å². The molecule has 0 fully saturated rings. The Kier molecular flexibility index (Phi) is 4.92. The number of carbonyl (C=O) groups excluding carboxylic acids is 1. The first-order valence-corrected chi connectivity index (χ1v) is 8.57. The van der Waals surface area contributed by atoms with Gasteiger partial charge in [-0.3, -0.25) is 4.79 Å². The first-order chi connectivity index (χ1) is 11.5. The third-order valence-electron chi connectivity index (χ3n) is 3.79. The van der Waals surface area contributed by atoms with Crippen molar-refractivity contribution in [3.05, 3.63) is 64.8 Å². The van der Waals surface area contributed by atoms with Gasteiger partial charge >= 0.3 is 0 Å². The van der Waals surface area contributed by atoms with E-state index in [2.05, 4.69) is 10.2 Å². The Balaban J connectivity index is 1.70. The lowest BCUT2D eigenvalue weighted by atomic mass is 10.1. The van der Waals surface area contributed by atoms with Crippen LogP contribution in [0.1, 0.15) is 15.2 Å². The fourth-order valence-corrected chi connectivity index (χ4v) is 3.41. The molecule has 0 radical (unpaired) electrons. The largest absolute Gasteiger partial charge is 0.321 e. The van der Waals surface area contributed by atoms with E-state index in [0.29, 0.717) is 10.3 Å². The number of halogens is 1. The van der Waals surface area contributed by atoms with E-state index in [-0.39, 0.29) is 11.7 Å². The molecule has 0 aliphatic carbocycles. The summed E-state index contributed by atoms with van der Waals surface area (Å²) in [5.74, 6) is -0.510. The van der Waals surface area contributed by atoms with Crippen molar-refractivity contribution in [2.45, 2.75) is 6.42 Å². The fourth-order valence-electron chi connectivity index (χ4n) is 2.44. The second-order valence-electron chi connectivity index (χ2n) is 5.97. The summed E-state index contributed by atoms with van der Waals surface area (Å²) in [5.41, 5.74) is 1.97. The second-order valence-corrected chi connectivity index (χ2v) is 7.05. The molecule has 24 heavy (non-hydrogen) atoms. The van der Waals surface area contributed by atoms with Gasteiger partial charge < -0.3 is 10.2 Å². The Hall–Kier alpha value is -2.24.